The molecule has 0 radical (unpaired) electrons. The molecule has 4 heteroatoms. The molecule has 0 aliphatic carbocycles. The molecule has 0 aliphatic rings. The van der Waals surface area contributed by atoms with Crippen molar-refractivity contribution in [2.45, 2.75) is 4.90 Å². The van der Waals surface area contributed by atoms with Gasteiger partial charge in [0.05, 0.1) is 5.56 Å². The lowest BCUT2D eigenvalue weighted by Crippen LogP contribution is -1.98. The van der Waals surface area contributed by atoms with E-state index in [1.165, 1.54) is 11.8 Å². The van der Waals surface area contributed by atoms with Crippen molar-refractivity contribution >= 4 is 29.3 Å². The largest absolute Gasteiger partial charge is 0.478 e. The summed E-state index contributed by atoms with van der Waals surface area (Å²) in [6.45, 7) is 3.54. The van der Waals surface area contributed by atoms with Crippen molar-refractivity contribution in [3.05, 3.63) is 41.4 Å². The van der Waals surface area contributed by atoms with Crippen molar-refractivity contribution in [3.63, 3.8) is 0 Å². The van der Waals surface area contributed by atoms with Crippen LogP contribution < -0.4 is 0 Å². The minimum atomic E-state index is -0.923. The van der Waals surface area contributed by atoms with Crippen molar-refractivity contribution < 1.29 is 9.90 Å². The Morgan fingerprint density at radius 2 is 2.14 bits per heavy atom. The zero-order valence-electron chi connectivity index (χ0n) is 7.37. The van der Waals surface area contributed by atoms with E-state index >= 15 is 0 Å². The topological polar surface area (TPSA) is 37.3 Å². The molecule has 0 aromatic heterocycles. The molecule has 0 unspecified atom stereocenters. The Kier molecular flexibility index (Phi) is 4.04. The lowest BCUT2D eigenvalue weighted by Gasteiger charge is -2.03. The lowest BCUT2D eigenvalue weighted by molar-refractivity contribution is 0.0693. The highest BCUT2D eigenvalue weighted by Gasteiger charge is 2.08. The molecule has 74 valence electrons. The predicted molar refractivity (Wildman–Crippen MR) is 59.1 cm³/mol. The fraction of sp³-hybridized carbons (Fsp3) is 0.100. The van der Waals surface area contributed by atoms with E-state index in [0.717, 1.165) is 0 Å². The number of hydrogen-bond acceptors (Lipinski definition) is 2. The van der Waals surface area contributed by atoms with Crippen molar-refractivity contribution in [1.29, 1.82) is 0 Å². The van der Waals surface area contributed by atoms with Gasteiger partial charge in [-0.1, -0.05) is 30.3 Å². The summed E-state index contributed by atoms with van der Waals surface area (Å²) in [6.07, 6.45) is 0. The van der Waals surface area contributed by atoms with Gasteiger partial charge >= 0.3 is 5.97 Å². The van der Waals surface area contributed by atoms with Crippen molar-refractivity contribution in [2.24, 2.45) is 0 Å². The van der Waals surface area contributed by atoms with Gasteiger partial charge in [-0.05, 0) is 12.1 Å². The third kappa shape index (κ3) is 3.09. The molecule has 0 amide bonds. The smallest absolute Gasteiger partial charge is 0.336 e. The predicted octanol–water partition coefficient (Wildman–Crippen LogP) is 3.23. The van der Waals surface area contributed by atoms with Crippen molar-refractivity contribution in [1.82, 2.24) is 0 Å². The molecule has 0 saturated carbocycles. The highest BCUT2D eigenvalue weighted by molar-refractivity contribution is 7.99. The van der Waals surface area contributed by atoms with Gasteiger partial charge in [-0.3, -0.25) is 0 Å². The minimum Gasteiger partial charge on any atom is -0.478 e. The highest BCUT2D eigenvalue weighted by Crippen LogP contribution is 2.24. The molecule has 0 fully saturated rings. The van der Waals surface area contributed by atoms with Gasteiger partial charge in [0.15, 0.2) is 0 Å². The van der Waals surface area contributed by atoms with E-state index in [9.17, 15) is 4.79 Å². The van der Waals surface area contributed by atoms with Crippen LogP contribution in [0.25, 0.3) is 0 Å². The monoisotopic (exact) mass is 228 g/mol. The Hall–Kier alpha value is -0.930. The molecule has 0 heterocycles. The van der Waals surface area contributed by atoms with Crippen LogP contribution in [-0.2, 0) is 0 Å². The number of hydrogen-bond donors (Lipinski definition) is 1. The van der Waals surface area contributed by atoms with E-state index in [0.29, 0.717) is 21.2 Å². The maximum Gasteiger partial charge on any atom is 0.336 e. The molecule has 2 nitrogen and oxygen atoms in total. The summed E-state index contributed by atoms with van der Waals surface area (Å²) in [7, 11) is 0. The van der Waals surface area contributed by atoms with Gasteiger partial charge in [-0.25, -0.2) is 4.79 Å². The van der Waals surface area contributed by atoms with Crippen LogP contribution in [0.1, 0.15) is 10.4 Å². The summed E-state index contributed by atoms with van der Waals surface area (Å²) < 4.78 is 0. The maximum atomic E-state index is 10.8. The number of halogens is 1. The summed E-state index contributed by atoms with van der Waals surface area (Å²) in [5.74, 6) is -0.403. The first kappa shape index (κ1) is 11.1. The Morgan fingerprint density at radius 3 is 2.71 bits per heavy atom. The van der Waals surface area contributed by atoms with Gasteiger partial charge in [0.2, 0.25) is 0 Å². The molecule has 0 bridgehead atoms. The lowest BCUT2D eigenvalue weighted by atomic mass is 10.2. The van der Waals surface area contributed by atoms with E-state index in [1.54, 1.807) is 24.3 Å². The van der Waals surface area contributed by atoms with Crippen molar-refractivity contribution in [3.8, 4) is 0 Å². The second-order valence-electron chi connectivity index (χ2n) is 2.61. The van der Waals surface area contributed by atoms with E-state index in [4.69, 9.17) is 16.7 Å². The summed E-state index contributed by atoms with van der Waals surface area (Å²) in [6, 6.07) is 6.82. The normalized spacial score (nSPS) is 9.79. The van der Waals surface area contributed by atoms with E-state index < -0.39 is 5.97 Å². The van der Waals surface area contributed by atoms with E-state index in [-0.39, 0.29) is 0 Å². The van der Waals surface area contributed by atoms with E-state index in [1.807, 2.05) is 0 Å². The molecule has 1 aromatic carbocycles. The fourth-order valence-electron chi connectivity index (χ4n) is 0.925. The van der Waals surface area contributed by atoms with Crippen molar-refractivity contribution in [2.75, 3.05) is 5.75 Å². The molecule has 0 aliphatic heterocycles. The Morgan fingerprint density at radius 1 is 1.50 bits per heavy atom. The van der Waals surface area contributed by atoms with Gasteiger partial charge in [-0.15, -0.1) is 11.8 Å². The maximum absolute atomic E-state index is 10.8. The minimum absolute atomic E-state index is 0.301. The third-order valence-corrected chi connectivity index (χ3v) is 2.95. The first-order valence-electron chi connectivity index (χ1n) is 3.89. The van der Waals surface area contributed by atoms with Crippen LogP contribution in [0.15, 0.2) is 40.8 Å². The van der Waals surface area contributed by atoms with Crippen LogP contribution in [0, 0.1) is 0 Å². The number of carboxylic acids is 1. The summed E-state index contributed by atoms with van der Waals surface area (Å²) in [4.78, 5) is 11.5. The highest BCUT2D eigenvalue weighted by atomic mass is 35.5. The second kappa shape index (κ2) is 5.08. The first-order chi connectivity index (χ1) is 6.61. The molecule has 14 heavy (non-hydrogen) atoms. The molecule has 1 rings (SSSR count). The van der Waals surface area contributed by atoms with Gasteiger partial charge in [0.25, 0.3) is 0 Å². The summed E-state index contributed by atoms with van der Waals surface area (Å²) in [5.41, 5.74) is 0.301. The Labute approximate surface area is 91.6 Å². The molecule has 0 saturated heterocycles. The van der Waals surface area contributed by atoms with Crippen LogP contribution in [0.2, 0.25) is 0 Å². The molecule has 0 spiro atoms. The Bertz CT molecular complexity index is 363. The van der Waals surface area contributed by atoms with Gasteiger partial charge in [0.1, 0.15) is 0 Å². The standard InChI is InChI=1S/C10H9ClO2S/c1-7(11)6-14-9-5-3-2-4-8(9)10(12)13/h2-5H,1,6H2,(H,12,13). The molecule has 1 N–H and O–H groups in total. The number of carboxylic acid groups (broad SMARTS) is 1. The van der Waals surface area contributed by atoms with E-state index in [2.05, 4.69) is 6.58 Å². The number of thioether (sulfide) groups is 1. The average Bonchev–Trinajstić information content (AvgIpc) is 2.15. The average molecular weight is 229 g/mol. The quantitative estimate of drug-likeness (QED) is 0.804. The SMILES string of the molecule is C=C(Cl)CSc1ccccc1C(=O)O. The number of benzene rings is 1. The van der Waals surface area contributed by atoms with Crippen LogP contribution in [0.3, 0.4) is 0 Å². The third-order valence-electron chi connectivity index (χ3n) is 1.50. The zero-order valence-corrected chi connectivity index (χ0v) is 8.94. The summed E-state index contributed by atoms with van der Waals surface area (Å²) in [5, 5.41) is 9.37. The fourth-order valence-corrected chi connectivity index (χ4v) is 1.89. The first-order valence-corrected chi connectivity index (χ1v) is 5.26. The van der Waals surface area contributed by atoms with Gasteiger partial charge in [0, 0.05) is 15.7 Å². The number of rotatable bonds is 4. The molecule has 0 atom stereocenters. The summed E-state index contributed by atoms with van der Waals surface area (Å²) >= 11 is 6.97. The zero-order chi connectivity index (χ0) is 10.6. The number of aromatic carboxylic acids is 1. The van der Waals surface area contributed by atoms with Gasteiger partial charge < -0.3 is 5.11 Å². The van der Waals surface area contributed by atoms with Crippen LogP contribution >= 0.6 is 23.4 Å². The number of carbonyl (C=O) groups is 1. The van der Waals surface area contributed by atoms with Crippen LogP contribution in [0.4, 0.5) is 0 Å². The van der Waals surface area contributed by atoms with Crippen LogP contribution in [0.5, 0.6) is 0 Å². The van der Waals surface area contributed by atoms with Gasteiger partial charge in [-0.2, -0.15) is 0 Å². The second-order valence-corrected chi connectivity index (χ2v) is 4.16. The van der Waals surface area contributed by atoms with Crippen LogP contribution in [-0.4, -0.2) is 16.8 Å². The molecular weight excluding hydrogens is 220 g/mol. The Balaban J connectivity index is 2.84. The molecule has 1 aromatic rings. The molecular formula is C10H9ClO2S.